The van der Waals surface area contributed by atoms with Crippen molar-refractivity contribution in [2.45, 2.75) is 0 Å². The van der Waals surface area contributed by atoms with Crippen LogP contribution in [0.1, 0.15) is 5.56 Å². The maximum atomic E-state index is 11.3. The molecule has 0 saturated heterocycles. The Balaban J connectivity index is 2.65. The highest BCUT2D eigenvalue weighted by Crippen LogP contribution is 2.28. The highest BCUT2D eigenvalue weighted by atomic mass is 16.5. The van der Waals surface area contributed by atoms with Gasteiger partial charge in [-0.2, -0.15) is 5.26 Å². The van der Waals surface area contributed by atoms with Crippen LogP contribution in [0.3, 0.4) is 0 Å². The molecule has 0 aliphatic heterocycles. The minimum atomic E-state index is -0.188. The molecule has 1 N–H and O–H groups in total. The first kappa shape index (κ1) is 11.0. The summed E-state index contributed by atoms with van der Waals surface area (Å²) < 4.78 is 5.21. The van der Waals surface area contributed by atoms with Gasteiger partial charge in [-0.3, -0.25) is 4.79 Å². The summed E-state index contributed by atoms with van der Waals surface area (Å²) in [6.07, 6.45) is 0. The number of benzene rings is 1. The van der Waals surface area contributed by atoms with Crippen LogP contribution in [0.2, 0.25) is 0 Å². The molecular weight excluding hydrogens is 216 g/mol. The van der Waals surface area contributed by atoms with Crippen molar-refractivity contribution in [1.29, 1.82) is 5.26 Å². The molecular formula is C13H10N2O2. The summed E-state index contributed by atoms with van der Waals surface area (Å²) in [5.74, 6) is 0.617. The van der Waals surface area contributed by atoms with E-state index in [-0.39, 0.29) is 5.56 Å². The minimum absolute atomic E-state index is 0.188. The molecule has 0 atom stereocenters. The van der Waals surface area contributed by atoms with Crippen LogP contribution in [0, 0.1) is 11.3 Å². The molecule has 0 fully saturated rings. The molecule has 0 radical (unpaired) electrons. The standard InChI is InChI=1S/C13H10N2O2/c1-17-12-6-5-9(8-14)7-10(12)11-3-2-4-13(16)15-11/h2-7H,1H3,(H,15,16). The van der Waals surface area contributed by atoms with Gasteiger partial charge in [0.1, 0.15) is 5.75 Å². The molecule has 4 heteroatoms. The number of aromatic amines is 1. The summed E-state index contributed by atoms with van der Waals surface area (Å²) in [7, 11) is 1.55. The third kappa shape index (κ3) is 2.18. The van der Waals surface area contributed by atoms with E-state index in [0.717, 1.165) is 0 Å². The van der Waals surface area contributed by atoms with Crippen molar-refractivity contribution < 1.29 is 4.74 Å². The average Bonchev–Trinajstić information content (AvgIpc) is 2.38. The topological polar surface area (TPSA) is 65.9 Å². The number of aromatic nitrogens is 1. The Morgan fingerprint density at radius 3 is 2.76 bits per heavy atom. The second kappa shape index (κ2) is 4.54. The Labute approximate surface area is 98.1 Å². The summed E-state index contributed by atoms with van der Waals surface area (Å²) in [5, 5.41) is 8.86. The fourth-order valence-electron chi connectivity index (χ4n) is 1.59. The number of nitrogens with zero attached hydrogens (tertiary/aromatic N) is 1. The number of pyridine rings is 1. The fourth-order valence-corrected chi connectivity index (χ4v) is 1.59. The van der Waals surface area contributed by atoms with Gasteiger partial charge < -0.3 is 9.72 Å². The van der Waals surface area contributed by atoms with Crippen molar-refractivity contribution >= 4 is 0 Å². The molecule has 0 saturated carbocycles. The van der Waals surface area contributed by atoms with Crippen LogP contribution in [-0.4, -0.2) is 12.1 Å². The van der Waals surface area contributed by atoms with E-state index in [9.17, 15) is 4.79 Å². The molecule has 84 valence electrons. The number of rotatable bonds is 2. The molecule has 0 bridgehead atoms. The fraction of sp³-hybridized carbons (Fsp3) is 0.0769. The lowest BCUT2D eigenvalue weighted by Crippen LogP contribution is -2.04. The van der Waals surface area contributed by atoms with Crippen LogP contribution >= 0.6 is 0 Å². The lowest BCUT2D eigenvalue weighted by Gasteiger charge is -2.08. The van der Waals surface area contributed by atoms with Crippen LogP contribution in [-0.2, 0) is 0 Å². The summed E-state index contributed by atoms with van der Waals surface area (Å²) in [5.41, 5.74) is 1.66. The van der Waals surface area contributed by atoms with Crippen molar-refractivity contribution in [2.75, 3.05) is 7.11 Å². The van der Waals surface area contributed by atoms with Crippen molar-refractivity contribution in [1.82, 2.24) is 4.98 Å². The van der Waals surface area contributed by atoms with Crippen molar-refractivity contribution in [3.63, 3.8) is 0 Å². The van der Waals surface area contributed by atoms with Gasteiger partial charge in [0.25, 0.3) is 0 Å². The van der Waals surface area contributed by atoms with Crippen LogP contribution in [0.15, 0.2) is 41.2 Å². The van der Waals surface area contributed by atoms with Crippen LogP contribution < -0.4 is 10.3 Å². The summed E-state index contributed by atoms with van der Waals surface area (Å²) in [4.78, 5) is 14.0. The first-order chi connectivity index (χ1) is 8.24. The molecule has 0 aliphatic carbocycles. The third-order valence-electron chi connectivity index (χ3n) is 2.39. The van der Waals surface area contributed by atoms with E-state index in [0.29, 0.717) is 22.6 Å². The second-order valence-corrected chi connectivity index (χ2v) is 3.46. The van der Waals surface area contributed by atoms with E-state index in [1.54, 1.807) is 37.4 Å². The number of nitriles is 1. The zero-order valence-electron chi connectivity index (χ0n) is 9.23. The average molecular weight is 226 g/mol. The van der Waals surface area contributed by atoms with Crippen molar-refractivity contribution in [3.05, 3.63) is 52.3 Å². The predicted octanol–water partition coefficient (Wildman–Crippen LogP) is 1.92. The van der Waals surface area contributed by atoms with Gasteiger partial charge in [-0.25, -0.2) is 0 Å². The van der Waals surface area contributed by atoms with Crippen LogP contribution in [0.5, 0.6) is 5.75 Å². The second-order valence-electron chi connectivity index (χ2n) is 3.46. The smallest absolute Gasteiger partial charge is 0.248 e. The highest BCUT2D eigenvalue weighted by Gasteiger charge is 2.07. The number of H-pyrrole nitrogens is 1. The Morgan fingerprint density at radius 2 is 2.12 bits per heavy atom. The van der Waals surface area contributed by atoms with Gasteiger partial charge in [0.05, 0.1) is 24.4 Å². The van der Waals surface area contributed by atoms with E-state index in [1.165, 1.54) is 6.07 Å². The van der Waals surface area contributed by atoms with E-state index in [4.69, 9.17) is 10.00 Å². The van der Waals surface area contributed by atoms with E-state index < -0.39 is 0 Å². The molecule has 0 spiro atoms. The van der Waals surface area contributed by atoms with Gasteiger partial charge in [0.15, 0.2) is 0 Å². The van der Waals surface area contributed by atoms with E-state index in [1.807, 2.05) is 0 Å². The lowest BCUT2D eigenvalue weighted by molar-refractivity contribution is 0.416. The normalized spacial score (nSPS) is 9.65. The van der Waals surface area contributed by atoms with Gasteiger partial charge in [-0.05, 0) is 24.3 Å². The van der Waals surface area contributed by atoms with Crippen molar-refractivity contribution in [2.24, 2.45) is 0 Å². The quantitative estimate of drug-likeness (QED) is 0.850. The van der Waals surface area contributed by atoms with Gasteiger partial charge >= 0.3 is 0 Å². The molecule has 0 amide bonds. The molecule has 2 rings (SSSR count). The van der Waals surface area contributed by atoms with E-state index in [2.05, 4.69) is 11.1 Å². The van der Waals surface area contributed by atoms with Crippen LogP contribution in [0.25, 0.3) is 11.3 Å². The molecule has 1 aromatic carbocycles. The monoisotopic (exact) mass is 226 g/mol. The number of nitrogens with one attached hydrogen (secondary N) is 1. The largest absolute Gasteiger partial charge is 0.496 e. The zero-order valence-corrected chi connectivity index (χ0v) is 9.23. The Morgan fingerprint density at radius 1 is 1.29 bits per heavy atom. The maximum absolute atomic E-state index is 11.3. The van der Waals surface area contributed by atoms with Gasteiger partial charge in [-0.1, -0.05) is 6.07 Å². The Bertz CT molecular complexity index is 638. The van der Waals surface area contributed by atoms with Crippen LogP contribution in [0.4, 0.5) is 0 Å². The van der Waals surface area contributed by atoms with Crippen molar-refractivity contribution in [3.8, 4) is 23.1 Å². The third-order valence-corrected chi connectivity index (χ3v) is 2.39. The minimum Gasteiger partial charge on any atom is -0.496 e. The molecule has 0 aliphatic rings. The molecule has 2 aromatic rings. The number of ether oxygens (including phenoxy) is 1. The summed E-state index contributed by atoms with van der Waals surface area (Å²) in [6, 6.07) is 12.0. The van der Waals surface area contributed by atoms with Gasteiger partial charge in [0, 0.05) is 11.6 Å². The number of hydrogen-bond acceptors (Lipinski definition) is 3. The molecule has 0 unspecified atom stereocenters. The maximum Gasteiger partial charge on any atom is 0.248 e. The first-order valence-corrected chi connectivity index (χ1v) is 5.02. The SMILES string of the molecule is COc1ccc(C#N)cc1-c1cccc(=O)[nH]1. The Hall–Kier alpha value is -2.54. The number of hydrogen-bond donors (Lipinski definition) is 1. The molecule has 17 heavy (non-hydrogen) atoms. The molecule has 1 aromatic heterocycles. The summed E-state index contributed by atoms with van der Waals surface area (Å²) in [6.45, 7) is 0. The molecule has 4 nitrogen and oxygen atoms in total. The molecule has 1 heterocycles. The Kier molecular flexibility index (Phi) is 2.93. The predicted molar refractivity (Wildman–Crippen MR) is 63.8 cm³/mol. The summed E-state index contributed by atoms with van der Waals surface area (Å²) >= 11 is 0. The zero-order chi connectivity index (χ0) is 12.3. The van der Waals surface area contributed by atoms with E-state index >= 15 is 0 Å². The first-order valence-electron chi connectivity index (χ1n) is 5.02. The highest BCUT2D eigenvalue weighted by molar-refractivity contribution is 5.68. The van der Waals surface area contributed by atoms with Gasteiger partial charge in [0.2, 0.25) is 5.56 Å². The van der Waals surface area contributed by atoms with Gasteiger partial charge in [-0.15, -0.1) is 0 Å². The lowest BCUT2D eigenvalue weighted by atomic mass is 10.1. The number of methoxy groups -OCH3 is 1.